The van der Waals surface area contributed by atoms with Crippen molar-refractivity contribution in [1.29, 1.82) is 0 Å². The number of aliphatic carboxylic acids is 1. The Balaban J connectivity index is 2.19. The first-order valence-corrected chi connectivity index (χ1v) is 9.58. The number of ether oxygens (including phenoxy) is 1. The zero-order chi connectivity index (χ0) is 21.7. The molecule has 0 bridgehead atoms. The van der Waals surface area contributed by atoms with Crippen LogP contribution in [0.1, 0.15) is 45.6 Å². The summed E-state index contributed by atoms with van der Waals surface area (Å²) in [7, 11) is 0. The molecule has 0 radical (unpaired) electrons. The molecule has 0 unspecified atom stereocenters. The van der Waals surface area contributed by atoms with Crippen molar-refractivity contribution in [3.63, 3.8) is 0 Å². The summed E-state index contributed by atoms with van der Waals surface area (Å²) in [6.45, 7) is 7.20. The number of hydrogen-bond acceptors (Lipinski definition) is 4. The Hall–Kier alpha value is -2.99. The van der Waals surface area contributed by atoms with Crippen molar-refractivity contribution in [3.05, 3.63) is 58.5 Å². The predicted octanol–water partition coefficient (Wildman–Crippen LogP) is 4.74. The van der Waals surface area contributed by atoms with Crippen LogP contribution in [0.3, 0.4) is 0 Å². The third kappa shape index (κ3) is 5.51. The number of azide groups is 1. The van der Waals surface area contributed by atoms with Gasteiger partial charge in [-0.2, -0.15) is 0 Å². The molecule has 1 aromatic rings. The lowest BCUT2D eigenvalue weighted by atomic mass is 9.85. The van der Waals surface area contributed by atoms with E-state index in [0.29, 0.717) is 6.42 Å². The largest absolute Gasteiger partial charge is 0.481 e. The fraction of sp³-hybridized carbons (Fsp3) is 0.524. The van der Waals surface area contributed by atoms with Gasteiger partial charge in [-0.25, -0.2) is 4.79 Å². The molecular formula is C21H28N4O4. The highest BCUT2D eigenvalue weighted by molar-refractivity contribution is 5.82. The van der Waals surface area contributed by atoms with Crippen LogP contribution in [-0.2, 0) is 9.53 Å². The summed E-state index contributed by atoms with van der Waals surface area (Å²) in [6, 6.07) is 9.93. The monoisotopic (exact) mass is 400 g/mol. The van der Waals surface area contributed by atoms with Gasteiger partial charge in [-0.15, -0.1) is 0 Å². The summed E-state index contributed by atoms with van der Waals surface area (Å²) < 4.78 is 5.36. The van der Waals surface area contributed by atoms with Crippen LogP contribution >= 0.6 is 0 Å². The lowest BCUT2D eigenvalue weighted by Crippen LogP contribution is -2.45. The summed E-state index contributed by atoms with van der Waals surface area (Å²) in [6.07, 6.45) is 3.64. The molecule has 3 atom stereocenters. The molecule has 2 rings (SSSR count). The number of carboxylic acids is 1. The highest BCUT2D eigenvalue weighted by Crippen LogP contribution is 2.36. The maximum absolute atomic E-state index is 12.4. The Kier molecular flexibility index (Phi) is 6.93. The normalized spacial score (nSPS) is 22.9. The first kappa shape index (κ1) is 22.3. The Morgan fingerprint density at radius 2 is 2.07 bits per heavy atom. The number of amides is 1. The van der Waals surface area contributed by atoms with Crippen LogP contribution in [0.2, 0.25) is 0 Å². The van der Waals surface area contributed by atoms with Crippen LogP contribution in [0.15, 0.2) is 47.6 Å². The van der Waals surface area contributed by atoms with Crippen LogP contribution in [0.4, 0.5) is 4.79 Å². The minimum Gasteiger partial charge on any atom is -0.481 e. The van der Waals surface area contributed by atoms with Crippen LogP contribution in [0, 0.1) is 5.92 Å². The molecule has 1 aromatic carbocycles. The van der Waals surface area contributed by atoms with Gasteiger partial charge in [-0.05, 0) is 44.2 Å². The van der Waals surface area contributed by atoms with Gasteiger partial charge in [0.15, 0.2) is 5.54 Å². The molecule has 0 aliphatic carbocycles. The third-order valence-electron chi connectivity index (χ3n) is 4.96. The fourth-order valence-corrected chi connectivity index (χ4v) is 3.43. The summed E-state index contributed by atoms with van der Waals surface area (Å²) >= 11 is 0. The van der Waals surface area contributed by atoms with E-state index in [2.05, 4.69) is 10.0 Å². The molecule has 1 N–H and O–H groups in total. The molecule has 1 aliphatic heterocycles. The van der Waals surface area contributed by atoms with E-state index in [1.807, 2.05) is 49.4 Å². The van der Waals surface area contributed by atoms with E-state index in [9.17, 15) is 14.7 Å². The van der Waals surface area contributed by atoms with E-state index in [4.69, 9.17) is 10.3 Å². The van der Waals surface area contributed by atoms with Crippen LogP contribution < -0.4 is 0 Å². The summed E-state index contributed by atoms with van der Waals surface area (Å²) in [4.78, 5) is 28.5. The van der Waals surface area contributed by atoms with Crippen molar-refractivity contribution in [2.75, 3.05) is 13.1 Å². The quantitative estimate of drug-likeness (QED) is 0.321. The molecule has 0 saturated carbocycles. The standard InChI is InChI=1S/C21H28N4O4/c1-15(16-10-6-5-7-11-16)9-8-12-17-13-25(19(28)29-20(2,3)4)14-21(17,18(26)27)23-24-22/h5-11,15,17H,12-14H2,1-4H3,(H,26,27)/t15-,17+,21+/m1/s1. The maximum Gasteiger partial charge on any atom is 0.410 e. The highest BCUT2D eigenvalue weighted by Gasteiger charge is 2.53. The Labute approximate surface area is 170 Å². The van der Waals surface area contributed by atoms with Crippen LogP contribution in [0.5, 0.6) is 0 Å². The second kappa shape index (κ2) is 9.01. The second-order valence-corrected chi connectivity index (χ2v) is 8.34. The average molecular weight is 400 g/mol. The number of carbonyl (C=O) groups excluding carboxylic acids is 1. The maximum atomic E-state index is 12.4. The fourth-order valence-electron chi connectivity index (χ4n) is 3.43. The Bertz CT molecular complexity index is 808. The minimum atomic E-state index is -1.72. The molecule has 8 nitrogen and oxygen atoms in total. The van der Waals surface area contributed by atoms with Gasteiger partial charge in [0, 0.05) is 23.9 Å². The van der Waals surface area contributed by atoms with Gasteiger partial charge in [-0.1, -0.05) is 54.5 Å². The Morgan fingerprint density at radius 3 is 2.62 bits per heavy atom. The highest BCUT2D eigenvalue weighted by atomic mass is 16.6. The van der Waals surface area contributed by atoms with Gasteiger partial charge in [0.25, 0.3) is 0 Å². The lowest BCUT2D eigenvalue weighted by Gasteiger charge is -2.25. The van der Waals surface area contributed by atoms with Gasteiger partial charge in [0.05, 0.1) is 0 Å². The van der Waals surface area contributed by atoms with E-state index in [-0.39, 0.29) is 19.0 Å². The van der Waals surface area contributed by atoms with E-state index < -0.39 is 29.1 Å². The molecule has 156 valence electrons. The molecule has 1 aliphatic rings. The minimum absolute atomic E-state index is 0.143. The number of carbonyl (C=O) groups is 2. The molecule has 0 aromatic heterocycles. The number of allylic oxidation sites excluding steroid dienone is 2. The summed E-state index contributed by atoms with van der Waals surface area (Å²) in [5.74, 6) is -1.64. The molecule has 29 heavy (non-hydrogen) atoms. The smallest absolute Gasteiger partial charge is 0.410 e. The van der Waals surface area contributed by atoms with Crippen molar-refractivity contribution in [1.82, 2.24) is 4.90 Å². The van der Waals surface area contributed by atoms with Crippen molar-refractivity contribution in [3.8, 4) is 0 Å². The number of rotatable bonds is 6. The van der Waals surface area contributed by atoms with E-state index in [1.165, 1.54) is 4.90 Å². The van der Waals surface area contributed by atoms with Gasteiger partial charge in [-0.3, -0.25) is 4.79 Å². The topological polar surface area (TPSA) is 116 Å². The van der Waals surface area contributed by atoms with Crippen LogP contribution in [-0.4, -0.2) is 46.3 Å². The SMILES string of the molecule is C[C@H](C=CC[C@H]1CN(C(=O)OC(C)(C)C)C[C@@]1(N=[N+]=[N-])C(=O)O)c1ccccc1. The molecule has 1 amide bonds. The van der Waals surface area contributed by atoms with Crippen molar-refractivity contribution in [2.45, 2.75) is 51.2 Å². The number of likely N-dealkylation sites (tertiary alicyclic amines) is 1. The van der Waals surface area contributed by atoms with E-state index in [1.54, 1.807) is 20.8 Å². The number of benzene rings is 1. The van der Waals surface area contributed by atoms with E-state index >= 15 is 0 Å². The van der Waals surface area contributed by atoms with Crippen molar-refractivity contribution >= 4 is 12.1 Å². The lowest BCUT2D eigenvalue weighted by molar-refractivity contribution is -0.144. The number of carboxylic acid groups (broad SMARTS) is 1. The molecular weight excluding hydrogens is 372 g/mol. The van der Waals surface area contributed by atoms with Crippen LogP contribution in [0.25, 0.3) is 10.4 Å². The van der Waals surface area contributed by atoms with Crippen molar-refractivity contribution in [2.24, 2.45) is 11.0 Å². The molecule has 8 heteroatoms. The molecule has 1 fully saturated rings. The number of nitrogens with zero attached hydrogens (tertiary/aromatic N) is 4. The van der Waals surface area contributed by atoms with E-state index in [0.717, 1.165) is 5.56 Å². The molecule has 0 spiro atoms. The van der Waals surface area contributed by atoms with Crippen molar-refractivity contribution < 1.29 is 19.4 Å². The van der Waals surface area contributed by atoms with Gasteiger partial charge >= 0.3 is 12.1 Å². The second-order valence-electron chi connectivity index (χ2n) is 8.34. The van der Waals surface area contributed by atoms with Gasteiger partial charge in [0.2, 0.25) is 0 Å². The third-order valence-corrected chi connectivity index (χ3v) is 4.96. The first-order valence-electron chi connectivity index (χ1n) is 9.58. The average Bonchev–Trinajstić information content (AvgIpc) is 3.01. The Morgan fingerprint density at radius 1 is 1.41 bits per heavy atom. The summed E-state index contributed by atoms with van der Waals surface area (Å²) in [5, 5.41) is 13.4. The zero-order valence-electron chi connectivity index (χ0n) is 17.3. The first-order chi connectivity index (χ1) is 13.6. The molecule has 1 heterocycles. The number of hydrogen-bond donors (Lipinski definition) is 1. The van der Waals surface area contributed by atoms with Gasteiger partial charge in [0.1, 0.15) is 5.60 Å². The predicted molar refractivity (Wildman–Crippen MR) is 109 cm³/mol. The summed E-state index contributed by atoms with van der Waals surface area (Å²) in [5.41, 5.74) is 7.70. The zero-order valence-corrected chi connectivity index (χ0v) is 17.3. The molecule has 1 saturated heterocycles. The van der Waals surface area contributed by atoms with Gasteiger partial charge < -0.3 is 14.7 Å².